The molecule has 0 amide bonds. The first-order valence-corrected chi connectivity index (χ1v) is 6.56. The third-order valence-corrected chi connectivity index (χ3v) is 3.70. The summed E-state index contributed by atoms with van der Waals surface area (Å²) in [5.41, 5.74) is -1.94. The topological polar surface area (TPSA) is 140 Å². The second-order valence-electron chi connectivity index (χ2n) is 4.74. The third kappa shape index (κ3) is 2.25. The number of rotatable bonds is 2. The first kappa shape index (κ1) is 14.8. The lowest BCUT2D eigenvalue weighted by Gasteiger charge is -2.07. The second kappa shape index (κ2) is 4.96. The molecule has 1 aromatic carbocycles. The summed E-state index contributed by atoms with van der Waals surface area (Å²) in [7, 11) is 0. The number of halogens is 1. The van der Waals surface area contributed by atoms with Crippen molar-refractivity contribution in [3.05, 3.63) is 55.1 Å². The molecule has 0 saturated heterocycles. The van der Waals surface area contributed by atoms with Crippen molar-refractivity contribution in [3.63, 3.8) is 0 Å². The third-order valence-electron chi connectivity index (χ3n) is 3.32. The number of H-pyrrole nitrogens is 2. The molecule has 0 aliphatic carbocycles. The Morgan fingerprint density at radius 2 is 1.48 bits per heavy atom. The number of fused-ring (bicyclic) bond motifs is 2. The molecule has 9 heteroatoms. The van der Waals surface area contributed by atoms with Crippen molar-refractivity contribution in [2.24, 2.45) is 0 Å². The lowest BCUT2D eigenvalue weighted by molar-refractivity contribution is 0.0680. The number of hydrogen-bond acceptors (Lipinski definition) is 4. The lowest BCUT2D eigenvalue weighted by Crippen LogP contribution is -2.13. The average Bonchev–Trinajstić information content (AvgIpc) is 2.47. The predicted octanol–water partition coefficient (Wildman–Crippen LogP) is 1.42. The number of aromatic amines is 2. The van der Waals surface area contributed by atoms with Gasteiger partial charge < -0.3 is 20.2 Å². The summed E-state index contributed by atoms with van der Waals surface area (Å²) in [5.74, 6) is -2.69. The highest BCUT2D eigenvalue weighted by atomic mass is 35.5. The highest BCUT2D eigenvalue weighted by molar-refractivity contribution is 6.40. The molecule has 0 saturated carbocycles. The van der Waals surface area contributed by atoms with Gasteiger partial charge in [0.2, 0.25) is 0 Å². The maximum absolute atomic E-state index is 12.1. The normalized spacial score (nSPS) is 11.0. The minimum atomic E-state index is -1.35. The monoisotopic (exact) mass is 334 g/mol. The fourth-order valence-electron chi connectivity index (χ4n) is 2.30. The van der Waals surface area contributed by atoms with E-state index >= 15 is 0 Å². The number of hydrogen-bond donors (Lipinski definition) is 4. The molecule has 0 spiro atoms. The van der Waals surface area contributed by atoms with Crippen LogP contribution in [0, 0.1) is 0 Å². The van der Waals surface area contributed by atoms with E-state index in [1.165, 1.54) is 6.07 Å². The number of aromatic nitrogens is 2. The molecule has 0 fully saturated rings. The van der Waals surface area contributed by atoms with Crippen molar-refractivity contribution in [3.8, 4) is 0 Å². The van der Waals surface area contributed by atoms with Gasteiger partial charge in [0.05, 0.1) is 21.4 Å². The Morgan fingerprint density at radius 1 is 0.913 bits per heavy atom. The Balaban J connectivity index is 2.55. The van der Waals surface area contributed by atoms with Crippen LogP contribution in [0.15, 0.2) is 27.8 Å². The molecule has 0 bridgehead atoms. The molecule has 116 valence electrons. The van der Waals surface area contributed by atoms with Crippen LogP contribution in [0.1, 0.15) is 21.0 Å². The summed E-state index contributed by atoms with van der Waals surface area (Å²) in [6, 6.07) is 3.00. The fraction of sp³-hybridized carbons (Fsp3) is 0. The fourth-order valence-corrected chi connectivity index (χ4v) is 2.64. The highest BCUT2D eigenvalue weighted by Gasteiger charge is 2.16. The van der Waals surface area contributed by atoms with Gasteiger partial charge in [-0.1, -0.05) is 11.6 Å². The summed E-state index contributed by atoms with van der Waals surface area (Å²) in [5, 5.41) is 17.8. The SMILES string of the molecule is O=C(O)c1cc(=O)c2c(Cl)c3[nH]c(C(=O)O)cc(=O)c3cc2[nH]1. The number of carbonyl (C=O) groups is 2. The molecule has 23 heavy (non-hydrogen) atoms. The van der Waals surface area contributed by atoms with E-state index in [4.69, 9.17) is 21.8 Å². The van der Waals surface area contributed by atoms with E-state index < -0.39 is 22.8 Å². The maximum atomic E-state index is 12.1. The van der Waals surface area contributed by atoms with Crippen LogP contribution in [0.5, 0.6) is 0 Å². The Kier molecular flexibility index (Phi) is 3.19. The molecule has 0 atom stereocenters. The van der Waals surface area contributed by atoms with Crippen molar-refractivity contribution in [1.29, 1.82) is 0 Å². The van der Waals surface area contributed by atoms with Gasteiger partial charge in [0.15, 0.2) is 10.9 Å². The minimum Gasteiger partial charge on any atom is -0.477 e. The molecule has 0 unspecified atom stereocenters. The van der Waals surface area contributed by atoms with Crippen molar-refractivity contribution >= 4 is 45.3 Å². The number of nitrogens with one attached hydrogen (secondary N) is 2. The van der Waals surface area contributed by atoms with E-state index in [1.54, 1.807) is 0 Å². The van der Waals surface area contributed by atoms with Crippen molar-refractivity contribution in [2.75, 3.05) is 0 Å². The summed E-state index contributed by atoms with van der Waals surface area (Å²) in [4.78, 5) is 51.2. The van der Waals surface area contributed by atoms with Gasteiger partial charge in [-0.15, -0.1) is 0 Å². The maximum Gasteiger partial charge on any atom is 0.352 e. The van der Waals surface area contributed by atoms with Crippen LogP contribution in [0.25, 0.3) is 21.8 Å². The lowest BCUT2D eigenvalue weighted by atomic mass is 10.1. The number of aromatic carboxylic acids is 2. The van der Waals surface area contributed by atoms with Crippen LogP contribution in [-0.2, 0) is 0 Å². The number of pyridine rings is 2. The number of benzene rings is 1. The van der Waals surface area contributed by atoms with Gasteiger partial charge in [-0.25, -0.2) is 9.59 Å². The van der Waals surface area contributed by atoms with Gasteiger partial charge in [-0.3, -0.25) is 9.59 Å². The highest BCUT2D eigenvalue weighted by Crippen LogP contribution is 2.27. The van der Waals surface area contributed by atoms with Gasteiger partial charge in [0.25, 0.3) is 0 Å². The molecule has 2 heterocycles. The van der Waals surface area contributed by atoms with Crippen molar-refractivity contribution < 1.29 is 19.8 Å². The molecule has 2 aromatic heterocycles. The van der Waals surface area contributed by atoms with Crippen LogP contribution in [-0.4, -0.2) is 32.1 Å². The van der Waals surface area contributed by atoms with E-state index in [0.717, 1.165) is 12.1 Å². The Bertz CT molecular complexity index is 1130. The van der Waals surface area contributed by atoms with Crippen LogP contribution in [0.4, 0.5) is 0 Å². The molecule has 0 radical (unpaired) electrons. The molecular weight excluding hydrogens is 328 g/mol. The van der Waals surface area contributed by atoms with E-state index in [2.05, 4.69) is 9.97 Å². The summed E-state index contributed by atoms with van der Waals surface area (Å²) < 4.78 is 0. The smallest absolute Gasteiger partial charge is 0.352 e. The molecule has 3 rings (SSSR count). The van der Waals surface area contributed by atoms with Crippen molar-refractivity contribution in [1.82, 2.24) is 9.97 Å². The standard InChI is InChI=1S/C14H7ClN2O6/c15-11-10-5(16-6(13(20)21)3-9(10)19)1-4-8(18)2-7(14(22)23)17-12(4)11/h1-3H,(H,16,19)(H,17,18)(H,20,21)(H,22,23). The van der Waals surface area contributed by atoms with Crippen LogP contribution in [0.2, 0.25) is 5.02 Å². The number of carboxylic acid groups (broad SMARTS) is 2. The van der Waals surface area contributed by atoms with Crippen LogP contribution < -0.4 is 10.9 Å². The predicted molar refractivity (Wildman–Crippen MR) is 81.6 cm³/mol. The first-order valence-electron chi connectivity index (χ1n) is 6.18. The summed E-state index contributed by atoms with van der Waals surface area (Å²) >= 11 is 6.13. The van der Waals surface area contributed by atoms with E-state index in [9.17, 15) is 19.2 Å². The molecule has 3 aromatic rings. The number of carboxylic acids is 2. The Labute approximate surface area is 131 Å². The summed E-state index contributed by atoms with van der Waals surface area (Å²) in [6.45, 7) is 0. The second-order valence-corrected chi connectivity index (χ2v) is 5.12. The van der Waals surface area contributed by atoms with E-state index in [1.807, 2.05) is 0 Å². The molecule has 0 aliphatic rings. The zero-order valence-electron chi connectivity index (χ0n) is 11.1. The molecule has 8 nitrogen and oxygen atoms in total. The van der Waals surface area contributed by atoms with Crippen LogP contribution >= 0.6 is 11.6 Å². The quantitative estimate of drug-likeness (QED) is 0.522. The molecular formula is C14H7ClN2O6. The van der Waals surface area contributed by atoms with Gasteiger partial charge in [0.1, 0.15) is 11.4 Å². The zero-order valence-corrected chi connectivity index (χ0v) is 11.9. The largest absolute Gasteiger partial charge is 0.477 e. The molecule has 0 aliphatic heterocycles. The van der Waals surface area contributed by atoms with Gasteiger partial charge in [0, 0.05) is 17.5 Å². The van der Waals surface area contributed by atoms with Crippen molar-refractivity contribution in [2.45, 2.75) is 0 Å². The first-order chi connectivity index (χ1) is 10.8. The van der Waals surface area contributed by atoms with Gasteiger partial charge in [-0.05, 0) is 6.07 Å². The Morgan fingerprint density at radius 3 is 2.09 bits per heavy atom. The van der Waals surface area contributed by atoms with E-state index in [-0.39, 0.29) is 38.2 Å². The zero-order chi connectivity index (χ0) is 16.9. The van der Waals surface area contributed by atoms with E-state index in [0.29, 0.717) is 0 Å². The summed E-state index contributed by atoms with van der Waals surface area (Å²) in [6.07, 6.45) is 0. The minimum absolute atomic E-state index is 0.00218. The Hall–Kier alpha value is -3.13. The van der Waals surface area contributed by atoms with Gasteiger partial charge in [-0.2, -0.15) is 0 Å². The van der Waals surface area contributed by atoms with Gasteiger partial charge >= 0.3 is 11.9 Å². The molecule has 4 N–H and O–H groups in total. The van der Waals surface area contributed by atoms with Crippen LogP contribution in [0.3, 0.4) is 0 Å². The average molecular weight is 335 g/mol.